The van der Waals surface area contributed by atoms with Gasteiger partial charge in [0.05, 0.1) is 7.11 Å². The highest BCUT2D eigenvalue weighted by atomic mass is 16.5. The average Bonchev–Trinajstić information content (AvgIpc) is 2.63. The Morgan fingerprint density at radius 2 is 1.48 bits per heavy atom. The fourth-order valence-corrected chi connectivity index (χ4v) is 2.40. The summed E-state index contributed by atoms with van der Waals surface area (Å²) in [5.41, 5.74) is 3.45. The van der Waals surface area contributed by atoms with E-state index in [0.717, 1.165) is 22.6 Å². The lowest BCUT2D eigenvalue weighted by Gasteiger charge is -2.11. The van der Waals surface area contributed by atoms with E-state index in [-0.39, 0.29) is 5.91 Å². The number of benzene rings is 3. The number of nitrogens with one attached hydrogen (secondary N) is 1. The molecule has 3 rings (SSSR count). The molecule has 0 aliphatic carbocycles. The molecule has 0 aliphatic heterocycles. The number of carbonyl (C=O) groups excluding carboxylic acids is 1. The van der Waals surface area contributed by atoms with Crippen LogP contribution in [0.2, 0.25) is 0 Å². The van der Waals surface area contributed by atoms with E-state index in [1.54, 1.807) is 31.4 Å². The van der Waals surface area contributed by atoms with Gasteiger partial charge >= 0.3 is 0 Å². The molecule has 23 heavy (non-hydrogen) atoms. The minimum absolute atomic E-state index is 0.143. The lowest BCUT2D eigenvalue weighted by atomic mass is 10.0. The van der Waals surface area contributed by atoms with Crippen molar-refractivity contribution in [1.29, 1.82) is 0 Å². The zero-order valence-corrected chi connectivity index (χ0v) is 12.8. The Balaban J connectivity index is 1.86. The molecule has 0 bridgehead atoms. The number of hydrogen-bond acceptors (Lipinski definition) is 2. The number of hydrogen-bond donors (Lipinski definition) is 1. The van der Waals surface area contributed by atoms with Crippen molar-refractivity contribution in [3.8, 4) is 16.9 Å². The van der Waals surface area contributed by atoms with E-state index in [1.165, 1.54) is 0 Å². The van der Waals surface area contributed by atoms with Crippen LogP contribution in [0.3, 0.4) is 0 Å². The topological polar surface area (TPSA) is 38.3 Å². The first-order valence-electron chi connectivity index (χ1n) is 7.38. The molecule has 0 saturated heterocycles. The molecule has 0 fully saturated rings. The van der Waals surface area contributed by atoms with E-state index in [9.17, 15) is 4.79 Å². The molecule has 3 nitrogen and oxygen atoms in total. The van der Waals surface area contributed by atoms with Crippen molar-refractivity contribution in [2.24, 2.45) is 0 Å². The van der Waals surface area contributed by atoms with Crippen LogP contribution in [0.5, 0.6) is 5.75 Å². The van der Waals surface area contributed by atoms with Crippen LogP contribution in [-0.2, 0) is 0 Å². The summed E-state index contributed by atoms with van der Waals surface area (Å²) in [6.45, 7) is 0. The number of ether oxygens (including phenoxy) is 1. The number of anilines is 1. The Morgan fingerprint density at radius 3 is 2.17 bits per heavy atom. The highest BCUT2D eigenvalue weighted by Crippen LogP contribution is 2.28. The molecule has 0 unspecified atom stereocenters. The summed E-state index contributed by atoms with van der Waals surface area (Å²) in [5, 5.41) is 2.98. The molecule has 0 radical (unpaired) electrons. The van der Waals surface area contributed by atoms with Crippen LogP contribution in [0.4, 0.5) is 5.69 Å². The fourth-order valence-electron chi connectivity index (χ4n) is 2.40. The van der Waals surface area contributed by atoms with Gasteiger partial charge in [0.15, 0.2) is 0 Å². The number of methoxy groups -OCH3 is 1. The maximum Gasteiger partial charge on any atom is 0.255 e. The average molecular weight is 303 g/mol. The number of rotatable bonds is 4. The fraction of sp³-hybridized carbons (Fsp3) is 0.0500. The van der Waals surface area contributed by atoms with E-state index in [0.29, 0.717) is 5.56 Å². The third-order valence-corrected chi connectivity index (χ3v) is 3.61. The van der Waals surface area contributed by atoms with E-state index in [1.807, 2.05) is 54.6 Å². The molecule has 0 aromatic heterocycles. The molecular weight excluding hydrogens is 286 g/mol. The van der Waals surface area contributed by atoms with Gasteiger partial charge in [-0.15, -0.1) is 0 Å². The highest BCUT2D eigenvalue weighted by molar-refractivity contribution is 6.06. The van der Waals surface area contributed by atoms with Gasteiger partial charge in [-0.2, -0.15) is 0 Å². The van der Waals surface area contributed by atoms with Crippen molar-refractivity contribution >= 4 is 11.6 Å². The van der Waals surface area contributed by atoms with Gasteiger partial charge in [0.25, 0.3) is 5.91 Å². The second kappa shape index (κ2) is 6.79. The van der Waals surface area contributed by atoms with Gasteiger partial charge in [-0.1, -0.05) is 48.5 Å². The second-order valence-electron chi connectivity index (χ2n) is 5.09. The number of para-hydroxylation sites is 1. The summed E-state index contributed by atoms with van der Waals surface area (Å²) < 4.78 is 5.11. The molecule has 0 spiro atoms. The SMILES string of the molecule is COc1ccc(C(=O)Nc2ccccc2-c2ccccc2)cc1. The minimum atomic E-state index is -0.143. The third-order valence-electron chi connectivity index (χ3n) is 3.61. The monoisotopic (exact) mass is 303 g/mol. The lowest BCUT2D eigenvalue weighted by Crippen LogP contribution is -2.12. The molecule has 1 amide bonds. The molecule has 0 heterocycles. The van der Waals surface area contributed by atoms with Crippen molar-refractivity contribution in [2.45, 2.75) is 0 Å². The van der Waals surface area contributed by atoms with Gasteiger partial charge in [-0.05, 0) is 35.9 Å². The van der Waals surface area contributed by atoms with E-state index >= 15 is 0 Å². The van der Waals surface area contributed by atoms with Crippen LogP contribution in [0.15, 0.2) is 78.9 Å². The van der Waals surface area contributed by atoms with Gasteiger partial charge in [-0.25, -0.2) is 0 Å². The van der Waals surface area contributed by atoms with Crippen molar-refractivity contribution in [3.05, 3.63) is 84.4 Å². The van der Waals surface area contributed by atoms with Gasteiger partial charge in [0.2, 0.25) is 0 Å². The molecule has 0 atom stereocenters. The van der Waals surface area contributed by atoms with Crippen LogP contribution in [-0.4, -0.2) is 13.0 Å². The standard InChI is InChI=1S/C20H17NO2/c1-23-17-13-11-16(12-14-17)20(22)21-19-10-6-5-9-18(19)15-7-3-2-4-8-15/h2-14H,1H3,(H,21,22). The summed E-state index contributed by atoms with van der Waals surface area (Å²) in [6.07, 6.45) is 0. The summed E-state index contributed by atoms with van der Waals surface area (Å²) in [5.74, 6) is 0.585. The van der Waals surface area contributed by atoms with Crippen molar-refractivity contribution in [2.75, 3.05) is 12.4 Å². The zero-order chi connectivity index (χ0) is 16.1. The van der Waals surface area contributed by atoms with E-state index < -0.39 is 0 Å². The van der Waals surface area contributed by atoms with E-state index in [2.05, 4.69) is 5.32 Å². The predicted molar refractivity (Wildman–Crippen MR) is 92.8 cm³/mol. The summed E-state index contributed by atoms with van der Waals surface area (Å²) in [7, 11) is 1.60. The summed E-state index contributed by atoms with van der Waals surface area (Å²) in [4.78, 5) is 12.4. The Bertz CT molecular complexity index is 795. The molecule has 114 valence electrons. The molecule has 3 aromatic rings. The number of carbonyl (C=O) groups is 1. The highest BCUT2D eigenvalue weighted by Gasteiger charge is 2.10. The van der Waals surface area contributed by atoms with Gasteiger partial charge < -0.3 is 10.1 Å². The van der Waals surface area contributed by atoms with Gasteiger partial charge in [-0.3, -0.25) is 4.79 Å². The Labute approximate surface area is 135 Å². The van der Waals surface area contributed by atoms with Crippen molar-refractivity contribution in [3.63, 3.8) is 0 Å². The number of amides is 1. The summed E-state index contributed by atoms with van der Waals surface area (Å²) in [6, 6.07) is 24.8. The first-order chi connectivity index (χ1) is 11.3. The molecule has 0 saturated carbocycles. The first kappa shape index (κ1) is 14.9. The van der Waals surface area contributed by atoms with Crippen LogP contribution in [0.1, 0.15) is 10.4 Å². The van der Waals surface area contributed by atoms with Crippen LogP contribution in [0, 0.1) is 0 Å². The third kappa shape index (κ3) is 3.40. The quantitative estimate of drug-likeness (QED) is 0.764. The predicted octanol–water partition coefficient (Wildman–Crippen LogP) is 4.61. The largest absolute Gasteiger partial charge is 0.497 e. The molecule has 3 aromatic carbocycles. The first-order valence-corrected chi connectivity index (χ1v) is 7.38. The van der Waals surface area contributed by atoms with Gasteiger partial charge in [0, 0.05) is 16.8 Å². The lowest BCUT2D eigenvalue weighted by molar-refractivity contribution is 0.102. The summed E-state index contributed by atoms with van der Waals surface area (Å²) >= 11 is 0. The molecular formula is C20H17NO2. The minimum Gasteiger partial charge on any atom is -0.497 e. The molecule has 3 heteroatoms. The Kier molecular flexibility index (Phi) is 4.39. The maximum absolute atomic E-state index is 12.4. The van der Waals surface area contributed by atoms with Crippen molar-refractivity contribution < 1.29 is 9.53 Å². The molecule has 1 N–H and O–H groups in total. The second-order valence-corrected chi connectivity index (χ2v) is 5.09. The van der Waals surface area contributed by atoms with Crippen molar-refractivity contribution in [1.82, 2.24) is 0 Å². The Hall–Kier alpha value is -3.07. The smallest absolute Gasteiger partial charge is 0.255 e. The van der Waals surface area contributed by atoms with E-state index in [4.69, 9.17) is 4.74 Å². The Morgan fingerprint density at radius 1 is 0.826 bits per heavy atom. The van der Waals surface area contributed by atoms with Crippen LogP contribution < -0.4 is 10.1 Å². The normalized spacial score (nSPS) is 10.1. The maximum atomic E-state index is 12.4. The molecule has 0 aliphatic rings. The van der Waals surface area contributed by atoms with Crippen LogP contribution in [0.25, 0.3) is 11.1 Å². The van der Waals surface area contributed by atoms with Gasteiger partial charge in [0.1, 0.15) is 5.75 Å². The zero-order valence-electron chi connectivity index (χ0n) is 12.8. The van der Waals surface area contributed by atoms with Crippen LogP contribution >= 0.6 is 0 Å².